The molecule has 8 heteroatoms. The van der Waals surface area contributed by atoms with Gasteiger partial charge < -0.3 is 28.0 Å². The van der Waals surface area contributed by atoms with Gasteiger partial charge in [0.1, 0.15) is 24.1 Å². The van der Waals surface area contributed by atoms with Crippen LogP contribution in [-0.2, 0) is 23.3 Å². The molecule has 0 radical (unpaired) electrons. The minimum atomic E-state index is -1.20. The van der Waals surface area contributed by atoms with Crippen LogP contribution in [0.5, 0.6) is 5.75 Å². The maximum absolute atomic E-state index is 6.30. The zero-order valence-electron chi connectivity index (χ0n) is 16.3. The van der Waals surface area contributed by atoms with E-state index in [-0.39, 0.29) is 24.4 Å². The molecule has 0 aromatic heterocycles. The van der Waals surface area contributed by atoms with Crippen molar-refractivity contribution in [2.24, 2.45) is 0 Å². The maximum atomic E-state index is 6.30. The van der Waals surface area contributed by atoms with Crippen molar-refractivity contribution in [2.75, 3.05) is 20.7 Å². The largest absolute Gasteiger partial charge is 0.462 e. The molecule has 3 saturated heterocycles. The average Bonchev–Trinajstić information content (AvgIpc) is 3.22. The summed E-state index contributed by atoms with van der Waals surface area (Å²) in [5, 5.41) is 0. The van der Waals surface area contributed by atoms with Gasteiger partial charge >= 0.3 is 0 Å². The molecule has 7 atom stereocenters. The highest BCUT2D eigenvalue weighted by atomic mass is 31.2. The molecule has 0 saturated carbocycles. The Labute approximate surface area is 171 Å². The lowest BCUT2D eigenvalue weighted by molar-refractivity contribution is -0.335. The molecule has 7 nitrogen and oxygen atoms in total. The molecule has 3 aliphatic heterocycles. The number of nitrogens with zero attached hydrogens (tertiary/aromatic N) is 1. The molecule has 2 aromatic rings. The maximum Gasteiger partial charge on any atom is 0.259 e. The first-order valence-corrected chi connectivity index (χ1v) is 10.8. The second-order valence-electron chi connectivity index (χ2n) is 7.38. The Balaban J connectivity index is 1.38. The SMILES string of the molecule is CN(C)P1OC2[C@H]3OC(c4ccccc4)OCC3O[C@@H](Oc3ccccc3)[C@@H]2O1. The molecular weight excluding hydrogens is 393 g/mol. The highest BCUT2D eigenvalue weighted by molar-refractivity contribution is 7.44. The van der Waals surface area contributed by atoms with Crippen LogP contribution >= 0.6 is 8.53 Å². The molecule has 0 spiro atoms. The molecule has 154 valence electrons. The summed E-state index contributed by atoms with van der Waals surface area (Å²) in [5.41, 5.74) is 0.971. The summed E-state index contributed by atoms with van der Waals surface area (Å²) in [6.07, 6.45) is -2.35. The van der Waals surface area contributed by atoms with Crippen molar-refractivity contribution >= 4 is 8.53 Å². The summed E-state index contributed by atoms with van der Waals surface area (Å²) in [6, 6.07) is 19.5. The Kier molecular flexibility index (Phi) is 5.54. The molecule has 29 heavy (non-hydrogen) atoms. The predicted molar refractivity (Wildman–Crippen MR) is 106 cm³/mol. The molecule has 4 unspecified atom stereocenters. The van der Waals surface area contributed by atoms with Gasteiger partial charge in [-0.3, -0.25) is 0 Å². The smallest absolute Gasteiger partial charge is 0.259 e. The summed E-state index contributed by atoms with van der Waals surface area (Å²) < 4.78 is 39.0. The van der Waals surface area contributed by atoms with Crippen LogP contribution in [0.2, 0.25) is 0 Å². The molecule has 0 aliphatic carbocycles. The Hall–Kier alpha value is -1.57. The van der Waals surface area contributed by atoms with Gasteiger partial charge in [-0.05, 0) is 26.2 Å². The molecule has 5 rings (SSSR count). The van der Waals surface area contributed by atoms with Gasteiger partial charge in [-0.1, -0.05) is 48.5 Å². The summed E-state index contributed by atoms with van der Waals surface area (Å²) in [4.78, 5) is 0. The molecule has 3 fully saturated rings. The second kappa shape index (κ2) is 8.28. The van der Waals surface area contributed by atoms with Crippen LogP contribution < -0.4 is 4.74 Å². The van der Waals surface area contributed by atoms with E-state index in [9.17, 15) is 0 Å². The van der Waals surface area contributed by atoms with Crippen LogP contribution in [0.4, 0.5) is 0 Å². The molecule has 0 bridgehead atoms. The Morgan fingerprint density at radius 1 is 0.862 bits per heavy atom. The van der Waals surface area contributed by atoms with Crippen molar-refractivity contribution in [3.63, 3.8) is 0 Å². The van der Waals surface area contributed by atoms with Crippen LogP contribution in [-0.4, -0.2) is 56.1 Å². The van der Waals surface area contributed by atoms with E-state index in [1.54, 1.807) is 0 Å². The summed E-state index contributed by atoms with van der Waals surface area (Å²) >= 11 is 0. The third-order valence-electron chi connectivity index (χ3n) is 5.10. The minimum absolute atomic E-state index is 0.300. The van der Waals surface area contributed by atoms with E-state index in [0.717, 1.165) is 11.3 Å². The van der Waals surface area contributed by atoms with E-state index in [1.165, 1.54) is 0 Å². The number of ether oxygens (including phenoxy) is 4. The molecule has 0 amide bonds. The van der Waals surface area contributed by atoms with E-state index in [0.29, 0.717) is 6.61 Å². The third kappa shape index (κ3) is 3.92. The van der Waals surface area contributed by atoms with Crippen LogP contribution in [0.25, 0.3) is 0 Å². The molecule has 3 heterocycles. The van der Waals surface area contributed by atoms with Crippen molar-refractivity contribution < 1.29 is 28.0 Å². The zero-order chi connectivity index (χ0) is 19.8. The van der Waals surface area contributed by atoms with E-state index < -0.39 is 21.1 Å². The lowest BCUT2D eigenvalue weighted by atomic mass is 9.98. The molecule has 2 aromatic carbocycles. The van der Waals surface area contributed by atoms with Gasteiger partial charge in [0.05, 0.1) is 6.61 Å². The second-order valence-corrected chi connectivity index (χ2v) is 9.07. The van der Waals surface area contributed by atoms with Crippen LogP contribution in [0.15, 0.2) is 60.7 Å². The number of benzene rings is 2. The fourth-order valence-corrected chi connectivity index (χ4v) is 5.01. The highest BCUT2D eigenvalue weighted by Gasteiger charge is 2.57. The van der Waals surface area contributed by atoms with Crippen LogP contribution in [0.1, 0.15) is 11.9 Å². The van der Waals surface area contributed by atoms with Crippen molar-refractivity contribution in [1.29, 1.82) is 0 Å². The highest BCUT2D eigenvalue weighted by Crippen LogP contribution is 2.54. The normalized spacial score (nSPS) is 36.4. The topological polar surface area (TPSA) is 58.6 Å². The first-order valence-electron chi connectivity index (χ1n) is 9.69. The van der Waals surface area contributed by atoms with Crippen LogP contribution in [0.3, 0.4) is 0 Å². The summed E-state index contributed by atoms with van der Waals surface area (Å²) in [5.74, 6) is 0.721. The van der Waals surface area contributed by atoms with E-state index in [4.69, 9.17) is 28.0 Å². The lowest BCUT2D eigenvalue weighted by Gasteiger charge is -2.45. The van der Waals surface area contributed by atoms with Gasteiger partial charge in [0.2, 0.25) is 6.29 Å². The fourth-order valence-electron chi connectivity index (χ4n) is 3.71. The first kappa shape index (κ1) is 19.4. The van der Waals surface area contributed by atoms with E-state index >= 15 is 0 Å². The number of fused-ring (bicyclic) bond motifs is 3. The molecular formula is C21H24NO6P. The molecule has 3 aliphatic rings. The van der Waals surface area contributed by atoms with Crippen molar-refractivity contribution in [1.82, 2.24) is 4.67 Å². The monoisotopic (exact) mass is 417 g/mol. The fraction of sp³-hybridized carbons (Fsp3) is 0.429. The van der Waals surface area contributed by atoms with Crippen molar-refractivity contribution in [3.05, 3.63) is 66.2 Å². The number of hydrogen-bond donors (Lipinski definition) is 0. The van der Waals surface area contributed by atoms with Gasteiger partial charge in [-0.25, -0.2) is 4.67 Å². The number of para-hydroxylation sites is 1. The van der Waals surface area contributed by atoms with Crippen molar-refractivity contribution in [3.8, 4) is 5.75 Å². The quantitative estimate of drug-likeness (QED) is 0.706. The van der Waals surface area contributed by atoms with E-state index in [2.05, 4.69) is 0 Å². The standard InChI is InChI=1S/C21H24NO6P/c1-22(2)29-27-18-17-16(13-23-20(26-17)14-9-5-3-6-10-14)25-21(19(18)28-29)24-15-11-7-4-8-12-15/h3-12,16-21H,13H2,1-2H3/t16?,17-,18?,19+,20?,21+,29?/m0/s1. The Morgan fingerprint density at radius 2 is 1.55 bits per heavy atom. The minimum Gasteiger partial charge on any atom is -0.462 e. The average molecular weight is 417 g/mol. The zero-order valence-corrected chi connectivity index (χ0v) is 17.2. The number of hydrogen-bond acceptors (Lipinski definition) is 7. The summed E-state index contributed by atoms with van der Waals surface area (Å²) in [7, 11) is 2.67. The van der Waals surface area contributed by atoms with Gasteiger partial charge in [-0.15, -0.1) is 0 Å². The van der Waals surface area contributed by atoms with Gasteiger partial charge in [0.25, 0.3) is 8.53 Å². The Bertz CT molecular complexity index is 809. The predicted octanol–water partition coefficient (Wildman–Crippen LogP) is 3.48. The molecule has 0 N–H and O–H groups in total. The van der Waals surface area contributed by atoms with Gasteiger partial charge in [-0.2, -0.15) is 0 Å². The van der Waals surface area contributed by atoms with Gasteiger partial charge in [0.15, 0.2) is 12.4 Å². The van der Waals surface area contributed by atoms with Crippen LogP contribution in [0, 0.1) is 0 Å². The van der Waals surface area contributed by atoms with E-state index in [1.807, 2.05) is 79.4 Å². The van der Waals surface area contributed by atoms with Gasteiger partial charge in [0, 0.05) is 5.56 Å². The first-order chi connectivity index (χ1) is 14.2. The van der Waals surface area contributed by atoms with Crippen molar-refractivity contribution in [2.45, 2.75) is 37.0 Å². The number of rotatable bonds is 4. The Morgan fingerprint density at radius 3 is 2.28 bits per heavy atom. The third-order valence-corrected chi connectivity index (χ3v) is 6.60. The summed E-state index contributed by atoms with van der Waals surface area (Å²) in [6.45, 7) is 0.394. The lowest BCUT2D eigenvalue weighted by Crippen LogP contribution is -2.61.